The Balaban J connectivity index is 1.45. The Bertz CT molecular complexity index is 2100. The van der Waals surface area contributed by atoms with Gasteiger partial charge in [0, 0.05) is 24.7 Å². The molecule has 65 heavy (non-hydrogen) atoms. The average molecular weight is 892 g/mol. The second-order valence-corrected chi connectivity index (χ2v) is 17.5. The second-order valence-electron chi connectivity index (χ2n) is 17.5. The van der Waals surface area contributed by atoms with Gasteiger partial charge in [-0.1, -0.05) is 93.4 Å². The molecule has 6 unspecified atom stereocenters. The Kier molecular flexibility index (Phi) is 19.0. The number of nitrogens with zero attached hydrogens (tertiary/aromatic N) is 3. The number of likely N-dealkylation sites (N-methyl/N-ethyl adjacent to an activating group) is 1. The summed E-state index contributed by atoms with van der Waals surface area (Å²) < 4.78 is 16.7. The molecule has 2 N–H and O–H groups in total. The van der Waals surface area contributed by atoms with Crippen molar-refractivity contribution in [3.8, 4) is 12.3 Å². The van der Waals surface area contributed by atoms with Crippen LogP contribution in [0.3, 0.4) is 0 Å². The van der Waals surface area contributed by atoms with E-state index in [2.05, 4.69) is 16.6 Å². The molecule has 2 aliphatic rings. The maximum absolute atomic E-state index is 15.0. The Morgan fingerprint density at radius 1 is 0.908 bits per heavy atom. The van der Waals surface area contributed by atoms with Crippen molar-refractivity contribution in [3.05, 3.63) is 107 Å². The van der Waals surface area contributed by atoms with Crippen molar-refractivity contribution in [2.45, 2.75) is 103 Å². The second kappa shape index (κ2) is 24.5. The SMILES string of the molecule is C#Cc1cccc(C(=O)OCN(C(=O)C(CCc2ccccc2)NC(=O)CN2CCOCC2)C(C=O)CC(C)N(CC)C(Cc2ccccc2)C(=O)NC(CC(C)C)C(=O)C2(C)CO2)c1. The number of terminal acetylenes is 1. The van der Waals surface area contributed by atoms with E-state index >= 15 is 0 Å². The van der Waals surface area contributed by atoms with Gasteiger partial charge in [-0.05, 0) is 87.7 Å². The van der Waals surface area contributed by atoms with Gasteiger partial charge < -0.3 is 29.6 Å². The first kappa shape index (κ1) is 50.3. The van der Waals surface area contributed by atoms with Crippen molar-refractivity contribution in [1.29, 1.82) is 0 Å². The van der Waals surface area contributed by atoms with E-state index in [9.17, 15) is 28.8 Å². The Morgan fingerprint density at radius 3 is 2.17 bits per heavy atom. The molecule has 14 heteroatoms. The fourth-order valence-electron chi connectivity index (χ4n) is 8.25. The van der Waals surface area contributed by atoms with Gasteiger partial charge in [0.1, 0.15) is 17.9 Å². The number of benzene rings is 3. The molecule has 0 aliphatic carbocycles. The molecule has 2 aliphatic heterocycles. The highest BCUT2D eigenvalue weighted by molar-refractivity contribution is 5.97. The Labute approximate surface area is 383 Å². The van der Waals surface area contributed by atoms with Crippen LogP contribution in [0.1, 0.15) is 80.9 Å². The van der Waals surface area contributed by atoms with E-state index in [0.29, 0.717) is 70.6 Å². The van der Waals surface area contributed by atoms with Crippen LogP contribution < -0.4 is 10.6 Å². The molecule has 0 bridgehead atoms. The van der Waals surface area contributed by atoms with E-state index in [1.54, 1.807) is 19.1 Å². The number of hydrogen-bond acceptors (Lipinski definition) is 11. The van der Waals surface area contributed by atoms with Gasteiger partial charge in [-0.2, -0.15) is 0 Å². The van der Waals surface area contributed by atoms with Crippen LogP contribution in [0.2, 0.25) is 0 Å². The molecule has 3 aromatic rings. The van der Waals surface area contributed by atoms with Crippen LogP contribution in [0.25, 0.3) is 0 Å². The summed E-state index contributed by atoms with van der Waals surface area (Å²) >= 11 is 0. The molecular weight excluding hydrogens is 827 g/mol. The molecule has 14 nitrogen and oxygen atoms in total. The van der Waals surface area contributed by atoms with Gasteiger partial charge in [0.05, 0.1) is 50.1 Å². The summed E-state index contributed by atoms with van der Waals surface area (Å²) in [5.41, 5.74) is 1.51. The molecule has 0 radical (unpaired) electrons. The molecule has 348 valence electrons. The largest absolute Gasteiger partial charge is 0.441 e. The predicted octanol–water partition coefficient (Wildman–Crippen LogP) is 4.23. The van der Waals surface area contributed by atoms with Gasteiger partial charge in [0.2, 0.25) is 17.7 Å². The maximum Gasteiger partial charge on any atom is 0.339 e. The number of esters is 1. The molecule has 2 heterocycles. The van der Waals surface area contributed by atoms with Crippen molar-refractivity contribution in [3.63, 3.8) is 0 Å². The van der Waals surface area contributed by atoms with Crippen LogP contribution in [-0.4, -0.2) is 139 Å². The summed E-state index contributed by atoms with van der Waals surface area (Å²) in [5, 5.41) is 6.02. The number of epoxide rings is 1. The van der Waals surface area contributed by atoms with Gasteiger partial charge >= 0.3 is 5.97 Å². The van der Waals surface area contributed by atoms with E-state index < -0.39 is 54.4 Å². The number of carbonyl (C=O) groups is 6. The highest BCUT2D eigenvalue weighted by Gasteiger charge is 2.50. The zero-order valence-electron chi connectivity index (χ0n) is 38.4. The number of rotatable bonds is 25. The quantitative estimate of drug-likeness (QED) is 0.0411. The van der Waals surface area contributed by atoms with Gasteiger partial charge in [0.15, 0.2) is 12.5 Å². The minimum Gasteiger partial charge on any atom is -0.441 e. The molecule has 6 atom stereocenters. The molecule has 0 aromatic heterocycles. The van der Waals surface area contributed by atoms with Crippen molar-refractivity contribution < 1.29 is 43.0 Å². The Morgan fingerprint density at radius 2 is 1.57 bits per heavy atom. The third kappa shape index (κ3) is 14.9. The lowest BCUT2D eigenvalue weighted by atomic mass is 9.92. The van der Waals surface area contributed by atoms with Crippen LogP contribution >= 0.6 is 0 Å². The standard InChI is InChI=1S/C51H65N5O9/c1-7-38-20-15-21-41(30-38)50(62)64-35-56(49(61)43(23-22-39-16-11-9-12-17-39)52-46(58)32-54-24-26-63-27-25-54)42(33-57)29-37(5)55(8-2)45(31-40-18-13-10-14-19-40)48(60)53-44(28-36(3)4)47(59)51(6)34-65-51/h1,9-21,30,33,36-37,42-45H,8,22-29,31-32,34-35H2,2-6H3,(H,52,58)(H,53,60). The highest BCUT2D eigenvalue weighted by atomic mass is 16.6. The maximum atomic E-state index is 15.0. The van der Waals surface area contributed by atoms with Gasteiger partial charge in [-0.25, -0.2) is 4.79 Å². The zero-order valence-corrected chi connectivity index (χ0v) is 38.4. The Hall–Kier alpha value is -5.72. The number of carbonyl (C=O) groups excluding carboxylic acids is 6. The lowest BCUT2D eigenvalue weighted by Crippen LogP contribution is -2.58. The summed E-state index contributed by atoms with van der Waals surface area (Å²) in [7, 11) is 0. The first-order valence-electron chi connectivity index (χ1n) is 22.7. The lowest BCUT2D eigenvalue weighted by Gasteiger charge is -2.39. The van der Waals surface area contributed by atoms with E-state index in [4.69, 9.17) is 20.6 Å². The zero-order chi connectivity index (χ0) is 46.9. The molecule has 3 aromatic carbocycles. The summed E-state index contributed by atoms with van der Waals surface area (Å²) in [6.07, 6.45) is 7.59. The number of aryl methyl sites for hydroxylation is 1. The first-order valence-corrected chi connectivity index (χ1v) is 22.7. The average Bonchev–Trinajstić information content (AvgIpc) is 4.07. The minimum atomic E-state index is -1.17. The third-order valence-corrected chi connectivity index (χ3v) is 12.0. The van der Waals surface area contributed by atoms with Crippen LogP contribution in [0, 0.1) is 18.3 Å². The van der Waals surface area contributed by atoms with E-state index in [-0.39, 0.29) is 48.5 Å². The number of morpholine rings is 1. The van der Waals surface area contributed by atoms with Crippen LogP contribution in [0.4, 0.5) is 0 Å². The smallest absolute Gasteiger partial charge is 0.339 e. The van der Waals surface area contributed by atoms with Crippen LogP contribution in [0.5, 0.6) is 0 Å². The van der Waals surface area contributed by atoms with E-state index in [0.717, 1.165) is 11.1 Å². The number of Topliss-reactive ketones (excluding diaryl/α,β-unsaturated/α-hetero) is 1. The molecule has 2 saturated heterocycles. The number of aldehydes is 1. The minimum absolute atomic E-state index is 0.0270. The van der Waals surface area contributed by atoms with E-state index in [1.807, 2.05) is 98.2 Å². The number of ketones is 1. The fraction of sp³-hybridized carbons (Fsp3) is 0.490. The normalized spacial score (nSPS) is 18.3. The first-order chi connectivity index (χ1) is 31.2. The van der Waals surface area contributed by atoms with Crippen molar-refractivity contribution in [1.82, 2.24) is 25.3 Å². The monoisotopic (exact) mass is 891 g/mol. The number of amides is 3. The molecule has 0 spiro atoms. The van der Waals surface area contributed by atoms with Crippen molar-refractivity contribution >= 4 is 35.8 Å². The molecular formula is C51H65N5O9. The fourth-order valence-corrected chi connectivity index (χ4v) is 8.25. The molecule has 3 amide bonds. The number of hydrogen-bond donors (Lipinski definition) is 2. The van der Waals surface area contributed by atoms with Crippen molar-refractivity contribution in [2.75, 3.05) is 52.7 Å². The lowest BCUT2D eigenvalue weighted by molar-refractivity contribution is -0.146. The van der Waals surface area contributed by atoms with Crippen LogP contribution in [0.15, 0.2) is 84.9 Å². The van der Waals surface area contributed by atoms with E-state index in [1.165, 1.54) is 17.0 Å². The molecule has 5 rings (SSSR count). The number of nitrogens with one attached hydrogen (secondary N) is 2. The van der Waals surface area contributed by atoms with Gasteiger partial charge in [0.25, 0.3) is 0 Å². The topological polar surface area (TPSA) is 167 Å². The third-order valence-electron chi connectivity index (χ3n) is 12.0. The summed E-state index contributed by atoms with van der Waals surface area (Å²) in [4.78, 5) is 88.9. The van der Waals surface area contributed by atoms with Crippen LogP contribution in [-0.2, 0) is 51.0 Å². The summed E-state index contributed by atoms with van der Waals surface area (Å²) in [6, 6.07) is 21.0. The van der Waals surface area contributed by atoms with Crippen molar-refractivity contribution in [2.24, 2.45) is 5.92 Å². The molecule has 2 fully saturated rings. The summed E-state index contributed by atoms with van der Waals surface area (Å²) in [6.45, 7) is 11.7. The highest BCUT2D eigenvalue weighted by Crippen LogP contribution is 2.30. The molecule has 0 saturated carbocycles. The van der Waals surface area contributed by atoms with Gasteiger partial charge in [-0.15, -0.1) is 6.42 Å². The van der Waals surface area contributed by atoms with Gasteiger partial charge in [-0.3, -0.25) is 33.9 Å². The number of ether oxygens (including phenoxy) is 3. The summed E-state index contributed by atoms with van der Waals surface area (Å²) in [5.74, 6) is 0.325. The predicted molar refractivity (Wildman–Crippen MR) is 246 cm³/mol.